The first kappa shape index (κ1) is 8.28. The van der Waals surface area contributed by atoms with Gasteiger partial charge in [-0.3, -0.25) is 0 Å². The standard InChI is InChI=1S/C10H8N4O/c1-2-8-9(15-6-14-8)3-7(1)10-12-4-11-5-13-10/h3-6H,1-2H2. The molecule has 1 aliphatic rings. The molecule has 0 fully saturated rings. The molecule has 0 atom stereocenters. The summed E-state index contributed by atoms with van der Waals surface area (Å²) in [6, 6.07) is 0. The van der Waals surface area contributed by atoms with Gasteiger partial charge in [0.15, 0.2) is 18.0 Å². The van der Waals surface area contributed by atoms with Gasteiger partial charge in [-0.2, -0.15) is 0 Å². The molecular formula is C10H8N4O. The number of aryl methyl sites for hydroxylation is 1. The summed E-state index contributed by atoms with van der Waals surface area (Å²) in [5.41, 5.74) is 2.08. The molecule has 0 saturated carbocycles. The summed E-state index contributed by atoms with van der Waals surface area (Å²) >= 11 is 0. The lowest BCUT2D eigenvalue weighted by Crippen LogP contribution is -2.01. The van der Waals surface area contributed by atoms with E-state index in [-0.39, 0.29) is 0 Å². The van der Waals surface area contributed by atoms with Crippen molar-refractivity contribution in [2.75, 3.05) is 0 Å². The molecule has 2 aromatic heterocycles. The van der Waals surface area contributed by atoms with Gasteiger partial charge in [0.05, 0.1) is 5.69 Å². The van der Waals surface area contributed by atoms with Crippen LogP contribution in [-0.4, -0.2) is 19.9 Å². The molecule has 0 bridgehead atoms. The summed E-state index contributed by atoms with van der Waals surface area (Å²) in [4.78, 5) is 16.1. The topological polar surface area (TPSA) is 64.7 Å². The van der Waals surface area contributed by atoms with Gasteiger partial charge < -0.3 is 4.42 Å². The van der Waals surface area contributed by atoms with Crippen molar-refractivity contribution in [3.05, 3.63) is 36.3 Å². The molecule has 5 nitrogen and oxygen atoms in total. The minimum absolute atomic E-state index is 0.715. The Morgan fingerprint density at radius 1 is 1.07 bits per heavy atom. The zero-order valence-corrected chi connectivity index (χ0v) is 7.92. The number of nitrogens with zero attached hydrogens (tertiary/aromatic N) is 4. The molecule has 0 radical (unpaired) electrons. The minimum Gasteiger partial charge on any atom is -0.444 e. The molecule has 0 aromatic carbocycles. The first-order valence-corrected chi connectivity index (χ1v) is 4.69. The fourth-order valence-corrected chi connectivity index (χ4v) is 1.65. The van der Waals surface area contributed by atoms with Gasteiger partial charge in [-0.15, -0.1) is 0 Å². The molecule has 15 heavy (non-hydrogen) atoms. The number of oxazole rings is 1. The zero-order valence-electron chi connectivity index (χ0n) is 7.92. The number of hydrogen-bond donors (Lipinski definition) is 0. The summed E-state index contributed by atoms with van der Waals surface area (Å²) in [5.74, 6) is 1.53. The first-order valence-electron chi connectivity index (χ1n) is 4.69. The highest BCUT2D eigenvalue weighted by molar-refractivity contribution is 5.79. The zero-order chi connectivity index (χ0) is 10.1. The van der Waals surface area contributed by atoms with Gasteiger partial charge in [0.25, 0.3) is 0 Å². The SMILES string of the molecule is C1=C(c2ncncn2)CCc2ncoc21. The van der Waals surface area contributed by atoms with Crippen LogP contribution in [0.1, 0.15) is 23.7 Å². The van der Waals surface area contributed by atoms with E-state index in [9.17, 15) is 0 Å². The summed E-state index contributed by atoms with van der Waals surface area (Å²) < 4.78 is 5.25. The van der Waals surface area contributed by atoms with Crippen LogP contribution >= 0.6 is 0 Å². The van der Waals surface area contributed by atoms with E-state index in [1.807, 2.05) is 6.08 Å². The van der Waals surface area contributed by atoms with Crippen molar-refractivity contribution in [1.29, 1.82) is 0 Å². The molecule has 0 saturated heterocycles. The Labute approximate surface area is 85.9 Å². The third-order valence-corrected chi connectivity index (χ3v) is 2.39. The lowest BCUT2D eigenvalue weighted by Gasteiger charge is -2.09. The lowest BCUT2D eigenvalue weighted by atomic mass is 10.0. The fraction of sp³-hybridized carbons (Fsp3) is 0.200. The highest BCUT2D eigenvalue weighted by Crippen LogP contribution is 2.27. The van der Waals surface area contributed by atoms with E-state index >= 15 is 0 Å². The van der Waals surface area contributed by atoms with E-state index in [4.69, 9.17) is 4.42 Å². The van der Waals surface area contributed by atoms with Crippen molar-refractivity contribution < 1.29 is 4.42 Å². The predicted molar refractivity (Wildman–Crippen MR) is 52.5 cm³/mol. The Morgan fingerprint density at radius 2 is 1.93 bits per heavy atom. The van der Waals surface area contributed by atoms with Crippen LogP contribution in [0.4, 0.5) is 0 Å². The van der Waals surface area contributed by atoms with Crippen LogP contribution in [0.2, 0.25) is 0 Å². The molecule has 0 spiro atoms. The van der Waals surface area contributed by atoms with Crippen molar-refractivity contribution in [1.82, 2.24) is 19.9 Å². The second kappa shape index (κ2) is 3.27. The van der Waals surface area contributed by atoms with E-state index in [1.54, 1.807) is 0 Å². The molecule has 0 amide bonds. The third kappa shape index (κ3) is 1.41. The number of hydrogen-bond acceptors (Lipinski definition) is 5. The van der Waals surface area contributed by atoms with Crippen LogP contribution in [0.25, 0.3) is 11.6 Å². The number of fused-ring (bicyclic) bond motifs is 1. The van der Waals surface area contributed by atoms with Gasteiger partial charge in [0.1, 0.15) is 12.7 Å². The normalized spacial score (nSPS) is 14.5. The molecular weight excluding hydrogens is 192 g/mol. The van der Waals surface area contributed by atoms with Crippen molar-refractivity contribution in [3.63, 3.8) is 0 Å². The summed E-state index contributed by atoms with van der Waals surface area (Å²) in [6.45, 7) is 0. The Hall–Kier alpha value is -2.04. The average molecular weight is 200 g/mol. The molecule has 3 rings (SSSR count). The maximum Gasteiger partial charge on any atom is 0.181 e. The molecule has 5 heteroatoms. The molecule has 74 valence electrons. The number of aromatic nitrogens is 4. The minimum atomic E-state index is 0.715. The predicted octanol–water partition coefficient (Wildman–Crippen LogP) is 1.35. The maximum absolute atomic E-state index is 5.25. The van der Waals surface area contributed by atoms with Crippen LogP contribution in [0.5, 0.6) is 0 Å². The Morgan fingerprint density at radius 3 is 2.80 bits per heavy atom. The number of rotatable bonds is 1. The van der Waals surface area contributed by atoms with Crippen molar-refractivity contribution in [2.24, 2.45) is 0 Å². The van der Waals surface area contributed by atoms with Crippen LogP contribution in [0.3, 0.4) is 0 Å². The van der Waals surface area contributed by atoms with Gasteiger partial charge in [-0.1, -0.05) is 0 Å². The van der Waals surface area contributed by atoms with E-state index in [0.717, 1.165) is 29.9 Å². The van der Waals surface area contributed by atoms with Crippen LogP contribution < -0.4 is 0 Å². The maximum atomic E-state index is 5.25. The van der Waals surface area contributed by atoms with E-state index in [2.05, 4.69) is 19.9 Å². The highest BCUT2D eigenvalue weighted by Gasteiger charge is 2.16. The van der Waals surface area contributed by atoms with Gasteiger partial charge in [0, 0.05) is 5.57 Å². The quantitative estimate of drug-likeness (QED) is 0.695. The van der Waals surface area contributed by atoms with E-state index in [1.165, 1.54) is 19.0 Å². The lowest BCUT2D eigenvalue weighted by molar-refractivity contribution is 0.545. The smallest absolute Gasteiger partial charge is 0.181 e. The Bertz CT molecular complexity index is 503. The molecule has 0 aliphatic heterocycles. The van der Waals surface area contributed by atoms with Crippen LogP contribution in [-0.2, 0) is 6.42 Å². The van der Waals surface area contributed by atoms with Crippen molar-refractivity contribution in [2.45, 2.75) is 12.8 Å². The Balaban J connectivity index is 2.04. The summed E-state index contributed by atoms with van der Waals surface area (Å²) in [5, 5.41) is 0. The van der Waals surface area contributed by atoms with Crippen LogP contribution in [0.15, 0.2) is 23.5 Å². The van der Waals surface area contributed by atoms with E-state index < -0.39 is 0 Å². The Kier molecular flexibility index (Phi) is 1.81. The van der Waals surface area contributed by atoms with E-state index in [0.29, 0.717) is 5.82 Å². The monoisotopic (exact) mass is 200 g/mol. The molecule has 1 aliphatic carbocycles. The van der Waals surface area contributed by atoms with Gasteiger partial charge in [-0.05, 0) is 18.9 Å². The second-order valence-corrected chi connectivity index (χ2v) is 3.29. The molecule has 2 aromatic rings. The van der Waals surface area contributed by atoms with Crippen molar-refractivity contribution in [3.8, 4) is 0 Å². The molecule has 0 N–H and O–H groups in total. The fourth-order valence-electron chi connectivity index (χ4n) is 1.65. The highest BCUT2D eigenvalue weighted by atomic mass is 16.3. The summed E-state index contributed by atoms with van der Waals surface area (Å²) in [6.07, 6.45) is 8.18. The average Bonchev–Trinajstić information content (AvgIpc) is 2.77. The van der Waals surface area contributed by atoms with Crippen molar-refractivity contribution >= 4 is 11.6 Å². The van der Waals surface area contributed by atoms with Gasteiger partial charge >= 0.3 is 0 Å². The molecule has 2 heterocycles. The first-order chi connectivity index (χ1) is 7.43. The third-order valence-electron chi connectivity index (χ3n) is 2.39. The second-order valence-electron chi connectivity index (χ2n) is 3.29. The van der Waals surface area contributed by atoms with Gasteiger partial charge in [0.2, 0.25) is 0 Å². The molecule has 0 unspecified atom stereocenters. The van der Waals surface area contributed by atoms with Crippen LogP contribution in [0, 0.1) is 0 Å². The largest absolute Gasteiger partial charge is 0.444 e. The number of allylic oxidation sites excluding steroid dienone is 1. The summed E-state index contributed by atoms with van der Waals surface area (Å²) in [7, 11) is 0. The van der Waals surface area contributed by atoms with Gasteiger partial charge in [-0.25, -0.2) is 19.9 Å².